The van der Waals surface area contributed by atoms with Crippen molar-refractivity contribution in [3.05, 3.63) is 36.2 Å². The number of benzene rings is 1. The van der Waals surface area contributed by atoms with Crippen LogP contribution in [0, 0.1) is 17.4 Å². The van der Waals surface area contributed by atoms with Gasteiger partial charge in [0.05, 0.1) is 12.0 Å². The first-order valence-corrected chi connectivity index (χ1v) is 7.75. The molecule has 0 atom stereocenters. The molecule has 0 saturated carbocycles. The molecule has 2 nitrogen and oxygen atoms in total. The zero-order valence-electron chi connectivity index (χ0n) is 14.0. The Morgan fingerprint density at radius 1 is 1.33 bits per heavy atom. The maximum absolute atomic E-state index is 11.4. The summed E-state index contributed by atoms with van der Waals surface area (Å²) in [5.41, 5.74) is -0.412. The van der Waals surface area contributed by atoms with Gasteiger partial charge in [-0.1, -0.05) is 0 Å². The van der Waals surface area contributed by atoms with Gasteiger partial charge in [0.25, 0.3) is 0 Å². The second-order valence-electron chi connectivity index (χ2n) is 5.97. The van der Waals surface area contributed by atoms with Crippen LogP contribution in [0.15, 0.2) is 29.2 Å². The van der Waals surface area contributed by atoms with Gasteiger partial charge in [-0.25, -0.2) is 0 Å². The van der Waals surface area contributed by atoms with Crippen molar-refractivity contribution < 1.29 is 42.2 Å². The number of ether oxygens (including phenoxy) is 1. The van der Waals surface area contributed by atoms with Crippen molar-refractivity contribution in [2.75, 3.05) is 12.4 Å². The molecule has 1 aromatic rings. The van der Waals surface area contributed by atoms with Crippen LogP contribution in [0.3, 0.4) is 0 Å². The molecule has 0 aromatic heterocycles. The van der Waals surface area contributed by atoms with E-state index in [9.17, 15) is 4.79 Å². The molecule has 0 aliphatic rings. The van der Waals surface area contributed by atoms with Crippen LogP contribution in [-0.4, -0.2) is 18.3 Å². The normalized spacial score (nSPS) is 10.2. The second kappa shape index (κ2) is 12.7. The molecule has 4 heteroatoms. The van der Waals surface area contributed by atoms with Gasteiger partial charge in [0.2, 0.25) is 0 Å². The summed E-state index contributed by atoms with van der Waals surface area (Å²) in [6.07, 6.45) is 0. The van der Waals surface area contributed by atoms with E-state index in [-0.39, 0.29) is 38.7 Å². The Balaban J connectivity index is 0. The molecule has 1 aromatic carbocycles. The van der Waals surface area contributed by atoms with Crippen LogP contribution in [-0.2, 0) is 42.2 Å². The molecule has 0 amide bonds. The molecule has 0 heterocycles. The summed E-state index contributed by atoms with van der Waals surface area (Å²) in [4.78, 5) is 12.6. The molecule has 0 N–H and O–H groups in total. The molecule has 1 rings (SSSR count). The fourth-order valence-corrected chi connectivity index (χ4v) is 1.71. The molecule has 0 saturated heterocycles. The monoisotopic (exact) mass is 383 g/mol. The third-order valence-corrected chi connectivity index (χ3v) is 2.83. The van der Waals surface area contributed by atoms with Crippen molar-refractivity contribution in [3.63, 3.8) is 0 Å². The summed E-state index contributed by atoms with van der Waals surface area (Å²) >= 11 is 1.66. The minimum Gasteiger partial charge on any atom is -0.464 e. The average Bonchev–Trinajstić information content (AvgIpc) is 2.34. The van der Waals surface area contributed by atoms with Crippen LogP contribution in [0.2, 0.25) is 0 Å². The molecular weight excluding hydrogens is 357 g/mol. The Bertz CT molecular complexity index is 369. The van der Waals surface area contributed by atoms with Crippen molar-refractivity contribution in [3.8, 4) is 0 Å². The van der Waals surface area contributed by atoms with Crippen LogP contribution in [0.4, 0.5) is 0 Å². The zero-order valence-corrected chi connectivity index (χ0v) is 17.7. The van der Waals surface area contributed by atoms with Gasteiger partial charge in [0, 0.05) is 38.5 Å². The first-order chi connectivity index (χ1) is 9.23. The van der Waals surface area contributed by atoms with Crippen LogP contribution >= 0.6 is 11.8 Å². The van der Waals surface area contributed by atoms with Crippen molar-refractivity contribution >= 4 is 17.7 Å². The molecule has 1 radical (unpaired) electrons. The molecule has 0 unspecified atom stereocenters. The van der Waals surface area contributed by atoms with E-state index < -0.39 is 5.41 Å². The fraction of sp³-hybridized carbons (Fsp3) is 0.529. The van der Waals surface area contributed by atoms with Gasteiger partial charge in [0.1, 0.15) is 0 Å². The molecule has 21 heavy (non-hydrogen) atoms. The van der Waals surface area contributed by atoms with Gasteiger partial charge in [-0.05, 0) is 20.8 Å². The Hall–Kier alpha value is 0.144. The van der Waals surface area contributed by atoms with Gasteiger partial charge in [-0.2, -0.15) is 62.9 Å². The summed E-state index contributed by atoms with van der Waals surface area (Å²) in [5, 5.41) is 0. The predicted molar refractivity (Wildman–Crippen MR) is 86.7 cm³/mol. The number of rotatable bonds is 4. The third kappa shape index (κ3) is 14.8. The van der Waals surface area contributed by atoms with E-state index in [0.717, 1.165) is 10.6 Å². The van der Waals surface area contributed by atoms with E-state index in [1.165, 1.54) is 5.92 Å². The topological polar surface area (TPSA) is 26.3 Å². The third-order valence-electron chi connectivity index (χ3n) is 1.88. The summed E-state index contributed by atoms with van der Waals surface area (Å²) in [5.74, 6) is 2.05. The van der Waals surface area contributed by atoms with E-state index in [0.29, 0.717) is 6.61 Å². The van der Waals surface area contributed by atoms with Gasteiger partial charge >= 0.3 is 5.97 Å². The molecular formula is C17H26O2SY-2. The summed E-state index contributed by atoms with van der Waals surface area (Å²) in [7, 11) is 0. The zero-order chi connectivity index (χ0) is 15.6. The molecule has 117 valence electrons. The Morgan fingerprint density at radius 3 is 2.33 bits per heavy atom. The van der Waals surface area contributed by atoms with E-state index in [1.807, 2.05) is 45.0 Å². The molecule has 0 fully saturated rings. The quantitative estimate of drug-likeness (QED) is 0.324. The SMILES string of the molecule is CC(C)(C)C(=O)OCCSc1c[c-]ccc1.C[C-](C)C.[Y]. The first-order valence-electron chi connectivity index (χ1n) is 6.76. The number of carbonyl (C=O) groups excluding carboxylic acids is 1. The molecule has 0 aliphatic carbocycles. The van der Waals surface area contributed by atoms with Gasteiger partial charge in [-0.15, -0.1) is 4.90 Å². The van der Waals surface area contributed by atoms with Crippen molar-refractivity contribution in [1.29, 1.82) is 0 Å². The number of carbonyl (C=O) groups is 1. The van der Waals surface area contributed by atoms with Gasteiger partial charge < -0.3 is 10.7 Å². The molecule has 0 spiro atoms. The van der Waals surface area contributed by atoms with E-state index in [1.54, 1.807) is 11.8 Å². The van der Waals surface area contributed by atoms with Crippen molar-refractivity contribution in [2.45, 2.75) is 46.4 Å². The van der Waals surface area contributed by atoms with Gasteiger partial charge in [0.15, 0.2) is 0 Å². The second-order valence-corrected chi connectivity index (χ2v) is 7.14. The smallest absolute Gasteiger partial charge is 0.311 e. The standard InChI is InChI=1S/C13H17O2S.C4H9.Y/c1-13(2,3)12(14)15-9-10-16-11-7-5-4-6-8-11;1-4(2)3;/h4-5,7-8H,9-10H2,1-3H3;1-3H3;/q2*-1;. The minimum atomic E-state index is -0.412. The van der Waals surface area contributed by atoms with Crippen molar-refractivity contribution in [2.24, 2.45) is 5.41 Å². The number of hydrogen-bond acceptors (Lipinski definition) is 3. The maximum Gasteiger partial charge on any atom is 0.311 e. The number of esters is 1. The number of hydrogen-bond donors (Lipinski definition) is 0. The van der Waals surface area contributed by atoms with E-state index in [4.69, 9.17) is 4.74 Å². The maximum atomic E-state index is 11.4. The molecule has 0 bridgehead atoms. The van der Waals surface area contributed by atoms with Crippen LogP contribution in [0.25, 0.3) is 0 Å². The molecule has 0 aliphatic heterocycles. The summed E-state index contributed by atoms with van der Waals surface area (Å²) in [6, 6.07) is 10.8. The summed E-state index contributed by atoms with van der Waals surface area (Å²) < 4.78 is 5.16. The van der Waals surface area contributed by atoms with E-state index in [2.05, 4.69) is 26.8 Å². The summed E-state index contributed by atoms with van der Waals surface area (Å²) in [6.45, 7) is 12.3. The van der Waals surface area contributed by atoms with Crippen LogP contribution < -0.4 is 0 Å². The van der Waals surface area contributed by atoms with E-state index >= 15 is 0 Å². The Labute approximate surface area is 159 Å². The van der Waals surface area contributed by atoms with Crippen molar-refractivity contribution in [1.82, 2.24) is 0 Å². The largest absolute Gasteiger partial charge is 0.464 e. The Kier molecular flexibility index (Phi) is 14.1. The Morgan fingerprint density at radius 2 is 1.90 bits per heavy atom. The van der Waals surface area contributed by atoms with Crippen LogP contribution in [0.1, 0.15) is 41.5 Å². The van der Waals surface area contributed by atoms with Crippen LogP contribution in [0.5, 0.6) is 0 Å². The minimum absolute atomic E-state index is 0. The predicted octanol–water partition coefficient (Wildman–Crippen LogP) is 4.79. The number of thioether (sulfide) groups is 1. The fourth-order valence-electron chi connectivity index (χ4n) is 0.977. The van der Waals surface area contributed by atoms with Gasteiger partial charge in [-0.3, -0.25) is 4.79 Å². The average molecular weight is 383 g/mol. The first kappa shape index (κ1) is 23.4.